The van der Waals surface area contributed by atoms with E-state index in [1.54, 1.807) is 24.6 Å². The van der Waals surface area contributed by atoms with Gasteiger partial charge in [-0.1, -0.05) is 6.58 Å². The summed E-state index contributed by atoms with van der Waals surface area (Å²) in [5, 5.41) is 5.15. The lowest BCUT2D eigenvalue weighted by atomic mass is 10.1. The number of anilines is 2. The predicted octanol–water partition coefficient (Wildman–Crippen LogP) is 2.76. The highest BCUT2D eigenvalue weighted by molar-refractivity contribution is 7.13. The Bertz CT molecular complexity index is 701. The van der Waals surface area contributed by atoms with E-state index in [1.807, 2.05) is 0 Å². The first-order valence-electron chi connectivity index (χ1n) is 5.73. The number of ketones is 1. The molecule has 0 radical (unpaired) electrons. The number of carbonyl (C=O) groups excluding carboxylic acids is 2. The molecule has 0 bridgehead atoms. The molecule has 2 aromatic rings. The van der Waals surface area contributed by atoms with Crippen molar-refractivity contribution in [2.75, 3.05) is 5.32 Å². The minimum Gasteiger partial charge on any atom is -0.316 e. The summed E-state index contributed by atoms with van der Waals surface area (Å²) in [5.41, 5.74) is 0.112. The summed E-state index contributed by atoms with van der Waals surface area (Å²) in [7, 11) is 0. The van der Waals surface area contributed by atoms with Crippen molar-refractivity contribution < 1.29 is 19.1 Å². The number of carbonyl (C=O) groups is 2. The van der Waals surface area contributed by atoms with Crippen LogP contribution in [0.15, 0.2) is 35.9 Å². The molecule has 0 unspecified atom stereocenters. The highest BCUT2D eigenvalue weighted by Gasteiger charge is 2.23. The smallest absolute Gasteiger partial charge is 0.316 e. The summed E-state index contributed by atoms with van der Waals surface area (Å²) in [6.07, 6.45) is 1.59. The number of nitrogens with one attached hydrogen (secondary N) is 1. The molecular weight excluding hydrogens is 297 g/mol. The minimum atomic E-state index is -1.43. The molecule has 0 amide bonds. The second-order valence-electron chi connectivity index (χ2n) is 3.98. The van der Waals surface area contributed by atoms with Crippen LogP contribution in [-0.2, 0) is 9.74 Å². The van der Waals surface area contributed by atoms with Crippen molar-refractivity contribution in [1.82, 2.24) is 9.97 Å². The highest BCUT2D eigenvalue weighted by Crippen LogP contribution is 2.23. The molecule has 21 heavy (non-hydrogen) atoms. The molecular formula is C13H10FN3O3S. The van der Waals surface area contributed by atoms with Gasteiger partial charge in [-0.2, -0.15) is 0 Å². The third-order valence-corrected chi connectivity index (χ3v) is 3.22. The molecule has 0 aromatic carbocycles. The average molecular weight is 307 g/mol. The van der Waals surface area contributed by atoms with Gasteiger partial charge in [0, 0.05) is 21.8 Å². The van der Waals surface area contributed by atoms with Crippen LogP contribution < -0.4 is 5.32 Å². The first kappa shape index (κ1) is 14.8. The molecule has 0 aliphatic carbocycles. The second-order valence-corrected chi connectivity index (χ2v) is 4.88. The summed E-state index contributed by atoms with van der Waals surface area (Å²) in [5.74, 6) is -1.99. The molecule has 0 atom stereocenters. The van der Waals surface area contributed by atoms with Crippen molar-refractivity contribution in [1.29, 1.82) is 0 Å². The molecule has 0 aliphatic heterocycles. The Kier molecular flexibility index (Phi) is 4.39. The van der Waals surface area contributed by atoms with Crippen LogP contribution in [0.2, 0.25) is 0 Å². The third kappa shape index (κ3) is 3.29. The lowest BCUT2D eigenvalue weighted by molar-refractivity contribution is -0.177. The number of Topliss-reactive ketones (excluding diaryl/α,β-unsaturated/α-hetero) is 1. The van der Waals surface area contributed by atoms with E-state index in [0.29, 0.717) is 10.8 Å². The Labute approximate surface area is 123 Å². The van der Waals surface area contributed by atoms with Crippen LogP contribution in [0.4, 0.5) is 15.5 Å². The summed E-state index contributed by atoms with van der Waals surface area (Å²) in [6, 6.07) is 3.06. The van der Waals surface area contributed by atoms with Crippen LogP contribution in [0.25, 0.3) is 0 Å². The molecule has 2 rings (SSSR count). The third-order valence-electron chi connectivity index (χ3n) is 2.53. The minimum absolute atomic E-state index is 0.0752. The van der Waals surface area contributed by atoms with Gasteiger partial charge in [-0.25, -0.2) is 19.7 Å². The molecule has 6 nitrogen and oxygen atoms in total. The summed E-state index contributed by atoms with van der Waals surface area (Å²) in [4.78, 5) is 34.4. The maximum absolute atomic E-state index is 12.1. The molecule has 0 aliphatic rings. The van der Waals surface area contributed by atoms with E-state index in [9.17, 15) is 14.1 Å². The van der Waals surface area contributed by atoms with Crippen molar-refractivity contribution in [3.8, 4) is 0 Å². The largest absolute Gasteiger partial charge is 0.382 e. The number of hydrogen-bond acceptors (Lipinski definition) is 7. The van der Waals surface area contributed by atoms with Gasteiger partial charge in [0.15, 0.2) is 5.13 Å². The number of pyridine rings is 1. The fraction of sp³-hybridized carbons (Fsp3) is 0.0769. The summed E-state index contributed by atoms with van der Waals surface area (Å²) >= 11 is 1.32. The van der Waals surface area contributed by atoms with Crippen LogP contribution in [0.1, 0.15) is 16.1 Å². The number of halogens is 1. The van der Waals surface area contributed by atoms with Gasteiger partial charge >= 0.3 is 5.97 Å². The molecule has 108 valence electrons. The van der Waals surface area contributed by atoms with E-state index in [1.165, 1.54) is 17.4 Å². The van der Waals surface area contributed by atoms with Crippen LogP contribution in [0.5, 0.6) is 0 Å². The zero-order valence-electron chi connectivity index (χ0n) is 10.9. The van der Waals surface area contributed by atoms with Gasteiger partial charge in [0.25, 0.3) is 0 Å². The Hall–Kier alpha value is -2.61. The molecule has 1 N–H and O–H groups in total. The van der Waals surface area contributed by atoms with E-state index in [0.717, 1.165) is 0 Å². The fourth-order valence-corrected chi connectivity index (χ4v) is 2.05. The average Bonchev–Trinajstić information content (AvgIpc) is 2.98. The van der Waals surface area contributed by atoms with Crippen molar-refractivity contribution >= 4 is 34.0 Å². The standard InChI is InChI=1S/C13H10FN3O3S/c1-7-3-4-9(10(18)8(2)12(19)20-14)11(16-7)17-13-15-5-6-21-13/h3-6H,2H2,1H3,(H,15,16,17). The maximum Gasteiger partial charge on any atom is 0.382 e. The van der Waals surface area contributed by atoms with Gasteiger partial charge in [0.05, 0.1) is 5.56 Å². The predicted molar refractivity (Wildman–Crippen MR) is 75.0 cm³/mol. The van der Waals surface area contributed by atoms with Crippen molar-refractivity contribution in [2.24, 2.45) is 0 Å². The number of thiazole rings is 1. The number of nitrogens with zero attached hydrogens (tertiary/aromatic N) is 2. The fourth-order valence-electron chi connectivity index (χ4n) is 1.52. The van der Waals surface area contributed by atoms with Crippen molar-refractivity contribution in [3.05, 3.63) is 47.1 Å². The summed E-state index contributed by atoms with van der Waals surface area (Å²) in [6.45, 7) is 4.97. The van der Waals surface area contributed by atoms with E-state index in [-0.39, 0.29) is 11.4 Å². The van der Waals surface area contributed by atoms with E-state index in [2.05, 4.69) is 26.8 Å². The number of aromatic nitrogens is 2. The first-order chi connectivity index (χ1) is 10.0. The van der Waals surface area contributed by atoms with Crippen LogP contribution >= 0.6 is 11.3 Å². The number of aryl methyl sites for hydroxylation is 1. The van der Waals surface area contributed by atoms with Crippen molar-refractivity contribution in [3.63, 3.8) is 0 Å². The molecule has 0 saturated carbocycles. The molecule has 0 saturated heterocycles. The van der Waals surface area contributed by atoms with Gasteiger partial charge in [-0.3, -0.25) is 4.79 Å². The quantitative estimate of drug-likeness (QED) is 0.396. The molecule has 2 aromatic heterocycles. The lowest BCUT2D eigenvalue weighted by Crippen LogP contribution is -2.15. The number of hydrogen-bond donors (Lipinski definition) is 1. The topological polar surface area (TPSA) is 81.2 Å². The van der Waals surface area contributed by atoms with Crippen molar-refractivity contribution in [2.45, 2.75) is 6.92 Å². The monoisotopic (exact) mass is 307 g/mol. The maximum atomic E-state index is 12.1. The Morgan fingerprint density at radius 2 is 2.19 bits per heavy atom. The van der Waals surface area contributed by atoms with Crippen LogP contribution in [0.3, 0.4) is 0 Å². The van der Waals surface area contributed by atoms with Gasteiger partial charge in [0.1, 0.15) is 11.4 Å². The van der Waals surface area contributed by atoms with E-state index >= 15 is 0 Å². The second kappa shape index (κ2) is 6.23. The van der Waals surface area contributed by atoms with Gasteiger partial charge < -0.3 is 5.32 Å². The molecule has 0 spiro atoms. The SMILES string of the molecule is C=C(C(=O)OF)C(=O)c1ccc(C)nc1Nc1nccs1. The Morgan fingerprint density at radius 1 is 1.43 bits per heavy atom. The summed E-state index contributed by atoms with van der Waals surface area (Å²) < 4.78 is 11.9. The van der Waals surface area contributed by atoms with Crippen LogP contribution in [0, 0.1) is 6.92 Å². The van der Waals surface area contributed by atoms with Gasteiger partial charge in [-0.05, 0) is 19.1 Å². The molecule has 8 heteroatoms. The first-order valence-corrected chi connectivity index (χ1v) is 6.61. The Morgan fingerprint density at radius 3 is 2.81 bits per heavy atom. The van der Waals surface area contributed by atoms with Gasteiger partial charge in [0.2, 0.25) is 5.78 Å². The molecule has 0 fully saturated rings. The lowest BCUT2D eigenvalue weighted by Gasteiger charge is -2.09. The highest BCUT2D eigenvalue weighted by atomic mass is 32.1. The normalized spacial score (nSPS) is 10.0. The Balaban J connectivity index is 2.37. The zero-order valence-corrected chi connectivity index (χ0v) is 11.7. The zero-order chi connectivity index (χ0) is 15.4. The van der Waals surface area contributed by atoms with E-state index in [4.69, 9.17) is 0 Å². The van der Waals surface area contributed by atoms with E-state index < -0.39 is 17.3 Å². The number of rotatable bonds is 5. The van der Waals surface area contributed by atoms with Gasteiger partial charge in [-0.15, -0.1) is 11.3 Å². The van der Waals surface area contributed by atoms with Crippen LogP contribution in [-0.4, -0.2) is 21.7 Å². The molecule has 2 heterocycles.